The Hall–Kier alpha value is -1.26. The van der Waals surface area contributed by atoms with Crippen molar-refractivity contribution in [3.05, 3.63) is 30.3 Å². The summed E-state index contributed by atoms with van der Waals surface area (Å²) in [5.74, 6) is 0.969. The van der Waals surface area contributed by atoms with Crippen molar-refractivity contribution in [3.63, 3.8) is 0 Å². The first-order valence-corrected chi connectivity index (χ1v) is 8.36. The van der Waals surface area contributed by atoms with Crippen LogP contribution in [0.2, 0.25) is 0 Å². The summed E-state index contributed by atoms with van der Waals surface area (Å²) >= 11 is 0. The van der Waals surface area contributed by atoms with Gasteiger partial charge in [0.15, 0.2) is 0 Å². The van der Waals surface area contributed by atoms with E-state index in [4.69, 9.17) is 9.47 Å². The van der Waals surface area contributed by atoms with Crippen LogP contribution in [-0.4, -0.2) is 43.7 Å². The first-order chi connectivity index (χ1) is 10.8. The SMILES string of the molecule is CCOC(=O)C1CCCN(CCCCOc2ccccc2)C1.Cl. The molecule has 1 aromatic rings. The summed E-state index contributed by atoms with van der Waals surface area (Å²) in [4.78, 5) is 14.2. The average Bonchev–Trinajstić information content (AvgIpc) is 2.56. The minimum absolute atomic E-state index is 0. The number of benzene rings is 1. The predicted molar refractivity (Wildman–Crippen MR) is 94.2 cm³/mol. The average molecular weight is 342 g/mol. The Balaban J connectivity index is 0.00000264. The molecule has 0 amide bonds. The van der Waals surface area contributed by atoms with Crippen molar-refractivity contribution in [1.29, 1.82) is 0 Å². The van der Waals surface area contributed by atoms with Crippen molar-refractivity contribution in [2.24, 2.45) is 5.92 Å². The second-order valence-electron chi connectivity index (χ2n) is 5.76. The van der Waals surface area contributed by atoms with Gasteiger partial charge in [-0.3, -0.25) is 4.79 Å². The number of unbranched alkanes of at least 4 members (excludes halogenated alkanes) is 1. The number of halogens is 1. The number of rotatable bonds is 8. The van der Waals surface area contributed by atoms with E-state index in [2.05, 4.69) is 4.90 Å². The molecule has 1 aliphatic rings. The standard InChI is InChI=1S/C18H27NO3.ClH/c1-2-21-18(20)16-9-8-13-19(15-16)12-6-7-14-22-17-10-4-3-5-11-17;/h3-5,10-11,16H,2,6-9,12-15H2,1H3;1H. The largest absolute Gasteiger partial charge is 0.494 e. The monoisotopic (exact) mass is 341 g/mol. The van der Waals surface area contributed by atoms with Crippen molar-refractivity contribution in [3.8, 4) is 5.75 Å². The molecule has 1 fully saturated rings. The van der Waals surface area contributed by atoms with Crippen LogP contribution < -0.4 is 4.74 Å². The van der Waals surface area contributed by atoms with Gasteiger partial charge in [0.05, 0.1) is 19.1 Å². The van der Waals surface area contributed by atoms with Crippen LogP contribution in [0.15, 0.2) is 30.3 Å². The number of carbonyl (C=O) groups is 1. The second-order valence-corrected chi connectivity index (χ2v) is 5.76. The third kappa shape index (κ3) is 7.23. The lowest BCUT2D eigenvalue weighted by atomic mass is 9.98. The van der Waals surface area contributed by atoms with Crippen LogP contribution >= 0.6 is 12.4 Å². The molecule has 1 heterocycles. The number of carbonyl (C=O) groups excluding carboxylic acids is 1. The molecule has 0 aromatic heterocycles. The first kappa shape index (κ1) is 19.8. The Morgan fingerprint density at radius 3 is 2.78 bits per heavy atom. The topological polar surface area (TPSA) is 38.8 Å². The number of hydrogen-bond donors (Lipinski definition) is 0. The number of esters is 1. The van der Waals surface area contributed by atoms with Crippen molar-refractivity contribution in [2.75, 3.05) is 32.8 Å². The summed E-state index contributed by atoms with van der Waals surface area (Å²) in [6.07, 6.45) is 4.19. The highest BCUT2D eigenvalue weighted by Gasteiger charge is 2.26. The lowest BCUT2D eigenvalue weighted by molar-refractivity contribution is -0.149. The Morgan fingerprint density at radius 2 is 2.04 bits per heavy atom. The number of ether oxygens (including phenoxy) is 2. The fourth-order valence-corrected chi connectivity index (χ4v) is 2.86. The van der Waals surface area contributed by atoms with Crippen LogP contribution in [0.1, 0.15) is 32.6 Å². The molecule has 1 aliphatic heterocycles. The number of hydrogen-bond acceptors (Lipinski definition) is 4. The van der Waals surface area contributed by atoms with E-state index in [1.165, 1.54) is 0 Å². The molecule has 0 aliphatic carbocycles. The van der Waals surface area contributed by atoms with E-state index >= 15 is 0 Å². The van der Waals surface area contributed by atoms with Crippen molar-refractivity contribution in [2.45, 2.75) is 32.6 Å². The smallest absolute Gasteiger partial charge is 0.310 e. The molecule has 0 radical (unpaired) electrons. The molecule has 4 nitrogen and oxygen atoms in total. The fraction of sp³-hybridized carbons (Fsp3) is 0.611. The summed E-state index contributed by atoms with van der Waals surface area (Å²) in [7, 11) is 0. The highest BCUT2D eigenvalue weighted by Crippen LogP contribution is 2.18. The molecule has 0 saturated carbocycles. The van der Waals surface area contributed by atoms with Crippen molar-refractivity contribution < 1.29 is 14.3 Å². The third-order valence-corrected chi connectivity index (χ3v) is 4.01. The van der Waals surface area contributed by atoms with Crippen LogP contribution in [0, 0.1) is 5.92 Å². The van der Waals surface area contributed by atoms with Gasteiger partial charge in [-0.25, -0.2) is 0 Å². The van der Waals surface area contributed by atoms with Crippen LogP contribution in [-0.2, 0) is 9.53 Å². The number of para-hydroxylation sites is 1. The molecule has 0 spiro atoms. The summed E-state index contributed by atoms with van der Waals surface area (Å²) in [5.41, 5.74) is 0. The maximum atomic E-state index is 11.8. The highest BCUT2D eigenvalue weighted by molar-refractivity contribution is 5.85. The van der Waals surface area contributed by atoms with E-state index in [0.717, 1.165) is 57.7 Å². The van der Waals surface area contributed by atoms with Gasteiger partial charge in [0, 0.05) is 6.54 Å². The van der Waals surface area contributed by atoms with Crippen LogP contribution in [0.4, 0.5) is 0 Å². The zero-order valence-electron chi connectivity index (χ0n) is 13.9. The van der Waals surface area contributed by atoms with E-state index in [0.29, 0.717) is 6.61 Å². The summed E-state index contributed by atoms with van der Waals surface area (Å²) in [5, 5.41) is 0. The van der Waals surface area contributed by atoms with Crippen LogP contribution in [0.3, 0.4) is 0 Å². The van der Waals surface area contributed by atoms with Crippen LogP contribution in [0.5, 0.6) is 5.75 Å². The fourth-order valence-electron chi connectivity index (χ4n) is 2.86. The molecule has 130 valence electrons. The highest BCUT2D eigenvalue weighted by atomic mass is 35.5. The maximum Gasteiger partial charge on any atom is 0.310 e. The maximum absolute atomic E-state index is 11.8. The molecule has 5 heteroatoms. The van der Waals surface area contributed by atoms with Gasteiger partial charge in [-0.1, -0.05) is 18.2 Å². The van der Waals surface area contributed by atoms with Gasteiger partial charge in [0.2, 0.25) is 0 Å². The number of nitrogens with zero attached hydrogens (tertiary/aromatic N) is 1. The summed E-state index contributed by atoms with van der Waals surface area (Å²) < 4.78 is 10.8. The van der Waals surface area contributed by atoms with E-state index in [9.17, 15) is 4.79 Å². The van der Waals surface area contributed by atoms with Gasteiger partial charge in [-0.2, -0.15) is 0 Å². The van der Waals surface area contributed by atoms with Crippen LogP contribution in [0.25, 0.3) is 0 Å². The minimum atomic E-state index is -0.0281. The molecule has 0 bridgehead atoms. The lowest BCUT2D eigenvalue weighted by Gasteiger charge is -2.31. The number of piperidine rings is 1. The van der Waals surface area contributed by atoms with Gasteiger partial charge in [0.1, 0.15) is 5.75 Å². The zero-order valence-corrected chi connectivity index (χ0v) is 14.7. The molecule has 1 saturated heterocycles. The molecular weight excluding hydrogens is 314 g/mol. The molecule has 1 unspecified atom stereocenters. The van der Waals surface area contributed by atoms with E-state index in [-0.39, 0.29) is 24.3 Å². The number of likely N-dealkylation sites (tertiary alicyclic amines) is 1. The van der Waals surface area contributed by atoms with E-state index < -0.39 is 0 Å². The summed E-state index contributed by atoms with van der Waals surface area (Å²) in [6, 6.07) is 9.92. The Labute approximate surface area is 145 Å². The van der Waals surface area contributed by atoms with Gasteiger partial charge in [0.25, 0.3) is 0 Å². The Bertz CT molecular complexity index is 441. The predicted octanol–water partition coefficient (Wildman–Crippen LogP) is 3.54. The normalized spacial score (nSPS) is 18.0. The van der Waals surface area contributed by atoms with Gasteiger partial charge in [-0.15, -0.1) is 12.4 Å². The summed E-state index contributed by atoms with van der Waals surface area (Å²) in [6.45, 7) is 6.07. The van der Waals surface area contributed by atoms with E-state index in [1.54, 1.807) is 0 Å². The molecule has 1 atom stereocenters. The van der Waals surface area contributed by atoms with E-state index in [1.807, 2.05) is 37.3 Å². The molecule has 2 rings (SSSR count). The molecule has 0 N–H and O–H groups in total. The molecule has 23 heavy (non-hydrogen) atoms. The molecule has 1 aromatic carbocycles. The first-order valence-electron chi connectivity index (χ1n) is 8.36. The van der Waals surface area contributed by atoms with Gasteiger partial charge < -0.3 is 14.4 Å². The minimum Gasteiger partial charge on any atom is -0.494 e. The lowest BCUT2D eigenvalue weighted by Crippen LogP contribution is -2.39. The third-order valence-electron chi connectivity index (χ3n) is 4.01. The van der Waals surface area contributed by atoms with Gasteiger partial charge in [-0.05, 0) is 57.8 Å². The quantitative estimate of drug-likeness (QED) is 0.535. The molecular formula is C18H28ClNO3. The van der Waals surface area contributed by atoms with Crippen molar-refractivity contribution in [1.82, 2.24) is 4.90 Å². The Kier molecular flexibility index (Phi) is 9.72. The zero-order chi connectivity index (χ0) is 15.6. The Morgan fingerprint density at radius 1 is 1.26 bits per heavy atom. The van der Waals surface area contributed by atoms with Gasteiger partial charge >= 0.3 is 5.97 Å². The second kappa shape index (κ2) is 11.3. The van der Waals surface area contributed by atoms with Crippen molar-refractivity contribution >= 4 is 18.4 Å².